The van der Waals surface area contributed by atoms with Gasteiger partial charge in [0.1, 0.15) is 0 Å². The fraction of sp³-hybridized carbons (Fsp3) is 0.258. The quantitative estimate of drug-likeness (QED) is 0.369. The predicted octanol–water partition coefficient (Wildman–Crippen LogP) is 5.36. The second-order valence-electron chi connectivity index (χ2n) is 9.31. The fourth-order valence-electron chi connectivity index (χ4n) is 4.85. The van der Waals surface area contributed by atoms with E-state index in [4.69, 9.17) is 4.74 Å². The van der Waals surface area contributed by atoms with Gasteiger partial charge in [0, 0.05) is 19.0 Å². The van der Waals surface area contributed by atoms with Crippen LogP contribution in [0.4, 0.5) is 0 Å². The van der Waals surface area contributed by atoms with Gasteiger partial charge in [0.15, 0.2) is 0 Å². The van der Waals surface area contributed by atoms with E-state index in [0.29, 0.717) is 25.5 Å². The first kappa shape index (κ1) is 23.3. The number of hydrogen-bond acceptors (Lipinski definition) is 3. The lowest BCUT2D eigenvalue weighted by molar-refractivity contribution is -0.120. The largest absolute Gasteiger partial charge is 0.372 e. The zero-order valence-corrected chi connectivity index (χ0v) is 20.0. The van der Waals surface area contributed by atoms with E-state index in [-0.39, 0.29) is 12.0 Å². The Bertz CT molecular complexity index is 1250. The van der Waals surface area contributed by atoms with E-state index in [2.05, 4.69) is 77.4 Å². The minimum atomic E-state index is 0.0424. The summed E-state index contributed by atoms with van der Waals surface area (Å²) in [5.74, 6) is 0.402. The number of carbonyl (C=O) groups excluding carboxylic acids is 1. The van der Waals surface area contributed by atoms with E-state index in [1.54, 1.807) is 0 Å². The van der Waals surface area contributed by atoms with Gasteiger partial charge in [-0.1, -0.05) is 91.0 Å². The Morgan fingerprint density at radius 1 is 0.829 bits per heavy atom. The predicted molar refractivity (Wildman–Crippen MR) is 141 cm³/mol. The van der Waals surface area contributed by atoms with Crippen molar-refractivity contribution in [1.82, 2.24) is 10.6 Å². The number of piperidine rings is 1. The van der Waals surface area contributed by atoms with Gasteiger partial charge < -0.3 is 15.4 Å². The van der Waals surface area contributed by atoms with Crippen molar-refractivity contribution >= 4 is 16.7 Å². The van der Waals surface area contributed by atoms with Gasteiger partial charge in [-0.15, -0.1) is 0 Å². The highest BCUT2D eigenvalue weighted by Gasteiger charge is 2.27. The van der Waals surface area contributed by atoms with Crippen LogP contribution < -0.4 is 10.6 Å². The molecule has 178 valence electrons. The van der Waals surface area contributed by atoms with Crippen LogP contribution in [0.5, 0.6) is 0 Å². The van der Waals surface area contributed by atoms with Crippen LogP contribution in [-0.2, 0) is 29.1 Å². The maximum Gasteiger partial charge on any atom is 0.224 e. The third-order valence-electron chi connectivity index (χ3n) is 6.81. The molecule has 4 aromatic carbocycles. The van der Waals surface area contributed by atoms with Gasteiger partial charge in [0.2, 0.25) is 5.91 Å². The van der Waals surface area contributed by atoms with Crippen LogP contribution in [0.1, 0.15) is 34.6 Å². The summed E-state index contributed by atoms with van der Waals surface area (Å²) in [5, 5.41) is 9.03. The highest BCUT2D eigenvalue weighted by molar-refractivity contribution is 5.83. The maximum absolute atomic E-state index is 12.3. The lowest BCUT2D eigenvalue weighted by atomic mass is 9.87. The molecule has 0 saturated carbocycles. The SMILES string of the molecule is O=C(Cc1ccccc1)NCc1ccc(C2CCNCC2OCc2ccc3ccccc3c2)cc1. The van der Waals surface area contributed by atoms with Gasteiger partial charge in [-0.05, 0) is 52.1 Å². The van der Waals surface area contributed by atoms with E-state index in [1.807, 2.05) is 30.3 Å². The van der Waals surface area contributed by atoms with E-state index < -0.39 is 0 Å². The Morgan fingerprint density at radius 2 is 1.57 bits per heavy atom. The van der Waals surface area contributed by atoms with Crippen molar-refractivity contribution in [3.8, 4) is 0 Å². The lowest BCUT2D eigenvalue weighted by Gasteiger charge is -2.32. The van der Waals surface area contributed by atoms with Crippen molar-refractivity contribution in [3.05, 3.63) is 119 Å². The Morgan fingerprint density at radius 3 is 2.40 bits per heavy atom. The number of benzene rings is 4. The van der Waals surface area contributed by atoms with Crippen molar-refractivity contribution in [3.63, 3.8) is 0 Å². The fourth-order valence-corrected chi connectivity index (χ4v) is 4.85. The molecule has 5 rings (SSSR count). The summed E-state index contributed by atoms with van der Waals surface area (Å²) in [4.78, 5) is 12.3. The zero-order chi connectivity index (χ0) is 23.9. The molecule has 2 N–H and O–H groups in total. The van der Waals surface area contributed by atoms with E-state index in [0.717, 1.165) is 30.6 Å². The molecule has 1 fully saturated rings. The molecule has 4 aromatic rings. The van der Waals surface area contributed by atoms with Gasteiger partial charge in [0.05, 0.1) is 19.1 Å². The molecule has 1 aliphatic rings. The monoisotopic (exact) mass is 464 g/mol. The molecule has 1 heterocycles. The normalized spacial score (nSPS) is 17.8. The molecule has 1 saturated heterocycles. The minimum absolute atomic E-state index is 0.0424. The zero-order valence-electron chi connectivity index (χ0n) is 20.0. The second kappa shape index (κ2) is 11.3. The standard InChI is InChI=1S/C31H32N2O2/c34-31(19-23-6-2-1-3-7-23)33-20-24-10-14-27(15-11-24)29-16-17-32-21-30(29)35-22-25-12-13-26-8-4-5-9-28(26)18-25/h1-15,18,29-30,32H,16-17,19-22H2,(H,33,34). The van der Waals surface area contributed by atoms with Gasteiger partial charge in [-0.3, -0.25) is 4.79 Å². The summed E-state index contributed by atoms with van der Waals surface area (Å²) < 4.78 is 6.43. The molecule has 0 spiro atoms. The highest BCUT2D eigenvalue weighted by Crippen LogP contribution is 2.29. The Balaban J connectivity index is 1.17. The average Bonchev–Trinajstić information content (AvgIpc) is 2.92. The minimum Gasteiger partial charge on any atom is -0.372 e. The van der Waals surface area contributed by atoms with Crippen LogP contribution in [0, 0.1) is 0 Å². The molecule has 35 heavy (non-hydrogen) atoms. The summed E-state index contributed by atoms with van der Waals surface area (Å²) in [6.45, 7) is 3.01. The number of nitrogens with one attached hydrogen (secondary N) is 2. The Kier molecular flexibility index (Phi) is 7.52. The molecule has 0 aliphatic carbocycles. The van der Waals surface area contributed by atoms with Crippen LogP contribution in [0.2, 0.25) is 0 Å². The van der Waals surface area contributed by atoms with E-state index in [1.165, 1.54) is 21.9 Å². The summed E-state index contributed by atoms with van der Waals surface area (Å²) >= 11 is 0. The van der Waals surface area contributed by atoms with Crippen molar-refractivity contribution in [1.29, 1.82) is 0 Å². The number of carbonyl (C=O) groups is 1. The second-order valence-corrected chi connectivity index (χ2v) is 9.31. The Labute approximate surface area is 207 Å². The Hall–Kier alpha value is -3.47. The van der Waals surface area contributed by atoms with Crippen LogP contribution >= 0.6 is 0 Å². The van der Waals surface area contributed by atoms with Crippen molar-refractivity contribution in [2.75, 3.05) is 13.1 Å². The van der Waals surface area contributed by atoms with Crippen molar-refractivity contribution < 1.29 is 9.53 Å². The van der Waals surface area contributed by atoms with Crippen LogP contribution in [0.3, 0.4) is 0 Å². The molecule has 4 nitrogen and oxygen atoms in total. The third-order valence-corrected chi connectivity index (χ3v) is 6.81. The van der Waals surface area contributed by atoms with E-state index >= 15 is 0 Å². The third kappa shape index (κ3) is 6.16. The van der Waals surface area contributed by atoms with Crippen molar-refractivity contribution in [2.24, 2.45) is 0 Å². The summed E-state index contributed by atoms with van der Waals surface area (Å²) in [6.07, 6.45) is 1.59. The molecule has 1 aliphatic heterocycles. The molecule has 2 unspecified atom stereocenters. The molecular formula is C31H32N2O2. The number of rotatable bonds is 8. The number of hydrogen-bond donors (Lipinski definition) is 2. The molecule has 2 atom stereocenters. The average molecular weight is 465 g/mol. The first-order chi connectivity index (χ1) is 17.2. The molecule has 1 amide bonds. The lowest BCUT2D eigenvalue weighted by Crippen LogP contribution is -2.41. The van der Waals surface area contributed by atoms with Gasteiger partial charge in [-0.25, -0.2) is 0 Å². The van der Waals surface area contributed by atoms with Crippen LogP contribution in [0.15, 0.2) is 97.1 Å². The number of ether oxygens (including phenoxy) is 1. The molecule has 4 heteroatoms. The molecule has 0 bridgehead atoms. The molecule has 0 radical (unpaired) electrons. The first-order valence-corrected chi connectivity index (χ1v) is 12.4. The van der Waals surface area contributed by atoms with Crippen LogP contribution in [-0.4, -0.2) is 25.1 Å². The number of fused-ring (bicyclic) bond motifs is 1. The number of amides is 1. The van der Waals surface area contributed by atoms with E-state index in [9.17, 15) is 4.79 Å². The van der Waals surface area contributed by atoms with Gasteiger partial charge in [-0.2, -0.15) is 0 Å². The molecule has 0 aromatic heterocycles. The van der Waals surface area contributed by atoms with Crippen LogP contribution in [0.25, 0.3) is 10.8 Å². The molecular weight excluding hydrogens is 432 g/mol. The summed E-state index contributed by atoms with van der Waals surface area (Å²) in [7, 11) is 0. The van der Waals surface area contributed by atoms with Crippen molar-refractivity contribution in [2.45, 2.75) is 38.0 Å². The highest BCUT2D eigenvalue weighted by atomic mass is 16.5. The van der Waals surface area contributed by atoms with Gasteiger partial charge in [0.25, 0.3) is 0 Å². The summed E-state index contributed by atoms with van der Waals surface area (Å²) in [6, 6.07) is 33.5. The first-order valence-electron chi connectivity index (χ1n) is 12.4. The maximum atomic E-state index is 12.3. The smallest absolute Gasteiger partial charge is 0.224 e. The topological polar surface area (TPSA) is 50.4 Å². The van der Waals surface area contributed by atoms with Gasteiger partial charge >= 0.3 is 0 Å². The summed E-state index contributed by atoms with van der Waals surface area (Å²) in [5.41, 5.74) is 4.64.